The van der Waals surface area contributed by atoms with Crippen LogP contribution in [0.5, 0.6) is 0 Å². The number of nitrogens with zero attached hydrogens (tertiary/aromatic N) is 2. The molecular formula is C16H27N3O. The summed E-state index contributed by atoms with van der Waals surface area (Å²) in [6.07, 6.45) is 8.04. The highest BCUT2D eigenvalue weighted by Gasteiger charge is 2.22. The topological polar surface area (TPSA) is 41.3 Å². The Labute approximate surface area is 121 Å². The number of piperidine rings is 1. The van der Waals surface area contributed by atoms with Gasteiger partial charge in [0.15, 0.2) is 5.76 Å². The Bertz CT molecular complexity index is 406. The molecule has 0 radical (unpaired) electrons. The Morgan fingerprint density at radius 2 is 2.10 bits per heavy atom. The summed E-state index contributed by atoms with van der Waals surface area (Å²) in [4.78, 5) is 2.50. The standard InChI is InChI=1S/C16H27N3O/c1-2-3-13-6-8-19(9-7-13)12-16-10-15(18-20-16)11-17-14-4-5-14/h10,13-14,17H,2-9,11-12H2,1H3. The summed E-state index contributed by atoms with van der Waals surface area (Å²) in [6.45, 7) is 6.49. The second kappa shape index (κ2) is 6.72. The van der Waals surface area contributed by atoms with Crippen molar-refractivity contribution in [2.45, 2.75) is 64.6 Å². The average molecular weight is 277 g/mol. The molecule has 0 unspecified atom stereocenters. The smallest absolute Gasteiger partial charge is 0.151 e. The lowest BCUT2D eigenvalue weighted by atomic mass is 9.92. The zero-order valence-corrected chi connectivity index (χ0v) is 12.6. The van der Waals surface area contributed by atoms with E-state index in [1.165, 1.54) is 51.6 Å². The first-order chi connectivity index (χ1) is 9.83. The molecule has 0 aromatic carbocycles. The third kappa shape index (κ3) is 4.06. The summed E-state index contributed by atoms with van der Waals surface area (Å²) in [5.74, 6) is 1.97. The third-order valence-corrected chi connectivity index (χ3v) is 4.54. The van der Waals surface area contributed by atoms with E-state index in [1.807, 2.05) is 0 Å². The van der Waals surface area contributed by atoms with E-state index >= 15 is 0 Å². The largest absolute Gasteiger partial charge is 0.360 e. The molecule has 2 aliphatic rings. The van der Waals surface area contributed by atoms with Gasteiger partial charge in [-0.2, -0.15) is 0 Å². The zero-order valence-electron chi connectivity index (χ0n) is 12.6. The Kier molecular flexibility index (Phi) is 4.73. The molecule has 1 saturated heterocycles. The minimum atomic E-state index is 0.729. The predicted octanol–water partition coefficient (Wildman–Crippen LogP) is 2.94. The van der Waals surface area contributed by atoms with Crippen molar-refractivity contribution < 1.29 is 4.52 Å². The lowest BCUT2D eigenvalue weighted by Crippen LogP contribution is -2.33. The molecule has 0 bridgehead atoms. The summed E-state index contributed by atoms with van der Waals surface area (Å²) in [6, 6.07) is 2.85. The Morgan fingerprint density at radius 1 is 1.30 bits per heavy atom. The van der Waals surface area contributed by atoms with Crippen LogP contribution in [-0.4, -0.2) is 29.2 Å². The predicted molar refractivity (Wildman–Crippen MR) is 79.3 cm³/mol. The molecule has 1 aromatic heterocycles. The van der Waals surface area contributed by atoms with Gasteiger partial charge in [0, 0.05) is 18.7 Å². The normalized spacial score (nSPS) is 21.4. The van der Waals surface area contributed by atoms with E-state index in [1.54, 1.807) is 0 Å². The van der Waals surface area contributed by atoms with Crippen LogP contribution in [0.25, 0.3) is 0 Å². The van der Waals surface area contributed by atoms with Crippen molar-refractivity contribution in [3.8, 4) is 0 Å². The van der Waals surface area contributed by atoms with Gasteiger partial charge in [0.1, 0.15) is 0 Å². The van der Waals surface area contributed by atoms with Gasteiger partial charge in [-0.1, -0.05) is 24.9 Å². The van der Waals surface area contributed by atoms with Crippen molar-refractivity contribution in [1.29, 1.82) is 0 Å². The second-order valence-corrected chi connectivity index (χ2v) is 6.45. The van der Waals surface area contributed by atoms with Gasteiger partial charge in [-0.25, -0.2) is 0 Å². The molecule has 2 fully saturated rings. The quantitative estimate of drug-likeness (QED) is 0.832. The van der Waals surface area contributed by atoms with E-state index in [9.17, 15) is 0 Å². The Balaban J connectivity index is 1.41. The monoisotopic (exact) mass is 277 g/mol. The van der Waals surface area contributed by atoms with Crippen LogP contribution in [0.2, 0.25) is 0 Å². The number of aromatic nitrogens is 1. The lowest BCUT2D eigenvalue weighted by molar-refractivity contribution is 0.157. The van der Waals surface area contributed by atoms with Crippen molar-refractivity contribution >= 4 is 0 Å². The highest BCUT2D eigenvalue weighted by molar-refractivity contribution is 5.06. The van der Waals surface area contributed by atoms with Gasteiger partial charge in [0.2, 0.25) is 0 Å². The molecule has 1 aliphatic carbocycles. The van der Waals surface area contributed by atoms with Crippen LogP contribution in [0.15, 0.2) is 10.6 Å². The molecule has 1 aliphatic heterocycles. The number of nitrogens with one attached hydrogen (secondary N) is 1. The SMILES string of the molecule is CCCC1CCN(Cc2cc(CNC3CC3)no2)CC1. The van der Waals surface area contributed by atoms with Crippen LogP contribution in [0.4, 0.5) is 0 Å². The van der Waals surface area contributed by atoms with Crippen LogP contribution >= 0.6 is 0 Å². The summed E-state index contributed by atoms with van der Waals surface area (Å²) < 4.78 is 5.46. The maximum atomic E-state index is 5.46. The van der Waals surface area contributed by atoms with Crippen LogP contribution < -0.4 is 5.32 Å². The summed E-state index contributed by atoms with van der Waals surface area (Å²) in [5, 5.41) is 7.64. The maximum absolute atomic E-state index is 5.46. The van der Waals surface area contributed by atoms with Crippen molar-refractivity contribution in [3.63, 3.8) is 0 Å². The van der Waals surface area contributed by atoms with Crippen molar-refractivity contribution in [1.82, 2.24) is 15.4 Å². The molecule has 112 valence electrons. The van der Waals surface area contributed by atoms with Crippen LogP contribution in [0.3, 0.4) is 0 Å². The summed E-state index contributed by atoms with van der Waals surface area (Å²) in [7, 11) is 0. The van der Waals surface area contributed by atoms with Gasteiger partial charge in [-0.05, 0) is 44.7 Å². The zero-order chi connectivity index (χ0) is 13.8. The first kappa shape index (κ1) is 14.1. The van der Waals surface area contributed by atoms with E-state index in [0.717, 1.165) is 36.5 Å². The molecule has 0 atom stereocenters. The van der Waals surface area contributed by atoms with Gasteiger partial charge < -0.3 is 9.84 Å². The molecule has 1 N–H and O–H groups in total. The lowest BCUT2D eigenvalue weighted by Gasteiger charge is -2.30. The first-order valence-corrected chi connectivity index (χ1v) is 8.23. The first-order valence-electron chi connectivity index (χ1n) is 8.23. The maximum Gasteiger partial charge on any atom is 0.151 e. The van der Waals surface area contributed by atoms with Gasteiger partial charge in [0.25, 0.3) is 0 Å². The molecule has 1 saturated carbocycles. The van der Waals surface area contributed by atoms with Crippen molar-refractivity contribution in [2.75, 3.05) is 13.1 Å². The number of hydrogen-bond acceptors (Lipinski definition) is 4. The summed E-state index contributed by atoms with van der Waals surface area (Å²) in [5.41, 5.74) is 1.05. The van der Waals surface area contributed by atoms with Crippen molar-refractivity contribution in [3.05, 3.63) is 17.5 Å². The van der Waals surface area contributed by atoms with Gasteiger partial charge in [0.05, 0.1) is 12.2 Å². The molecule has 4 nitrogen and oxygen atoms in total. The third-order valence-electron chi connectivity index (χ3n) is 4.54. The number of hydrogen-bond donors (Lipinski definition) is 1. The molecular weight excluding hydrogens is 250 g/mol. The minimum absolute atomic E-state index is 0.729. The second-order valence-electron chi connectivity index (χ2n) is 6.45. The number of likely N-dealkylation sites (tertiary alicyclic amines) is 1. The molecule has 0 spiro atoms. The van der Waals surface area contributed by atoms with Gasteiger partial charge in [-0.3, -0.25) is 4.90 Å². The van der Waals surface area contributed by atoms with Crippen molar-refractivity contribution in [2.24, 2.45) is 5.92 Å². The van der Waals surface area contributed by atoms with Crippen LogP contribution in [0.1, 0.15) is 56.9 Å². The molecule has 4 heteroatoms. The van der Waals surface area contributed by atoms with Crippen LogP contribution in [-0.2, 0) is 13.1 Å². The highest BCUT2D eigenvalue weighted by Crippen LogP contribution is 2.23. The molecule has 1 aromatic rings. The molecule has 20 heavy (non-hydrogen) atoms. The Morgan fingerprint density at radius 3 is 2.80 bits per heavy atom. The molecule has 2 heterocycles. The van der Waals surface area contributed by atoms with Gasteiger partial charge >= 0.3 is 0 Å². The van der Waals surface area contributed by atoms with E-state index < -0.39 is 0 Å². The van der Waals surface area contributed by atoms with E-state index in [4.69, 9.17) is 4.52 Å². The minimum Gasteiger partial charge on any atom is -0.360 e. The molecule has 3 rings (SSSR count). The fourth-order valence-electron chi connectivity index (χ4n) is 3.11. The van der Waals surface area contributed by atoms with Crippen LogP contribution in [0, 0.1) is 5.92 Å². The van der Waals surface area contributed by atoms with E-state index in [-0.39, 0.29) is 0 Å². The fourth-order valence-corrected chi connectivity index (χ4v) is 3.11. The van der Waals surface area contributed by atoms with E-state index in [0.29, 0.717) is 0 Å². The fraction of sp³-hybridized carbons (Fsp3) is 0.812. The Hall–Kier alpha value is -0.870. The molecule has 0 amide bonds. The number of rotatable bonds is 7. The average Bonchev–Trinajstić information content (AvgIpc) is 3.19. The summed E-state index contributed by atoms with van der Waals surface area (Å²) >= 11 is 0. The highest BCUT2D eigenvalue weighted by atomic mass is 16.5. The van der Waals surface area contributed by atoms with E-state index in [2.05, 4.69) is 28.4 Å². The van der Waals surface area contributed by atoms with Gasteiger partial charge in [-0.15, -0.1) is 0 Å².